The molecule has 1 atom stereocenters. The van der Waals surface area contributed by atoms with Gasteiger partial charge in [-0.25, -0.2) is 4.79 Å². The zero-order valence-corrected chi connectivity index (χ0v) is 5.28. The summed E-state index contributed by atoms with van der Waals surface area (Å²) in [6, 6.07) is 0. The third-order valence-corrected chi connectivity index (χ3v) is 1.04. The zero-order valence-electron chi connectivity index (χ0n) is 5.28. The Morgan fingerprint density at radius 2 is 2.60 bits per heavy atom. The van der Waals surface area contributed by atoms with Gasteiger partial charge in [0, 0.05) is 0 Å². The molecule has 1 aliphatic rings. The number of carbonyl (C=O) groups excluding carboxylic acids is 1. The Morgan fingerprint density at radius 1 is 1.80 bits per heavy atom. The van der Waals surface area contributed by atoms with Crippen molar-refractivity contribution in [3.05, 3.63) is 0 Å². The average Bonchev–Trinajstić information content (AvgIpc) is 2.31. The Labute approximate surface area is 57.5 Å². The van der Waals surface area contributed by atoms with E-state index < -0.39 is 6.16 Å². The first-order valence-corrected chi connectivity index (χ1v) is 2.85. The van der Waals surface area contributed by atoms with Crippen LogP contribution in [-0.2, 0) is 14.2 Å². The minimum Gasteiger partial charge on any atom is -0.430 e. The van der Waals surface area contributed by atoms with E-state index in [1.807, 2.05) is 0 Å². The van der Waals surface area contributed by atoms with Crippen molar-refractivity contribution in [1.29, 1.82) is 0 Å². The van der Waals surface area contributed by atoms with Crippen molar-refractivity contribution in [2.75, 3.05) is 20.0 Å². The predicted octanol–water partition coefficient (Wildman–Crippen LogP) is -0.512. The predicted molar refractivity (Wildman–Crippen MR) is 29.3 cm³/mol. The highest BCUT2D eigenvalue weighted by Gasteiger charge is 2.24. The number of cyclic esters (lactones) is 2. The maximum atomic E-state index is 10.3. The van der Waals surface area contributed by atoms with E-state index in [1.165, 1.54) is 0 Å². The number of ether oxygens (including phenoxy) is 3. The largest absolute Gasteiger partial charge is 0.508 e. The van der Waals surface area contributed by atoms with Crippen LogP contribution < -0.4 is 0 Å². The van der Waals surface area contributed by atoms with Gasteiger partial charge in [-0.1, -0.05) is 0 Å². The first-order chi connectivity index (χ1) is 4.83. The van der Waals surface area contributed by atoms with Crippen LogP contribution in [0, 0.1) is 0 Å². The summed E-state index contributed by atoms with van der Waals surface area (Å²) in [6.07, 6.45) is -1.04. The van der Waals surface area contributed by atoms with Gasteiger partial charge in [-0.15, -0.1) is 0 Å². The van der Waals surface area contributed by atoms with Crippen LogP contribution in [0.3, 0.4) is 0 Å². The Morgan fingerprint density at radius 3 is 3.10 bits per heavy atom. The van der Waals surface area contributed by atoms with E-state index in [4.69, 9.17) is 5.11 Å². The SMILES string of the molecule is O=C1OCC(COCO)O1. The Balaban J connectivity index is 2.12. The van der Waals surface area contributed by atoms with Crippen LogP contribution in [0.2, 0.25) is 0 Å². The first-order valence-electron chi connectivity index (χ1n) is 2.85. The number of aliphatic hydroxyl groups excluding tert-OH is 1. The van der Waals surface area contributed by atoms with Crippen molar-refractivity contribution >= 4 is 6.16 Å². The van der Waals surface area contributed by atoms with Crippen molar-refractivity contribution in [3.63, 3.8) is 0 Å². The fraction of sp³-hybridized carbons (Fsp3) is 0.800. The van der Waals surface area contributed by atoms with Crippen molar-refractivity contribution < 1.29 is 24.1 Å². The van der Waals surface area contributed by atoms with Crippen LogP contribution >= 0.6 is 0 Å². The molecule has 1 rings (SSSR count). The van der Waals surface area contributed by atoms with Gasteiger partial charge in [-0.2, -0.15) is 0 Å². The number of carbonyl (C=O) groups is 1. The molecule has 0 aromatic carbocycles. The molecule has 1 unspecified atom stereocenters. The molecule has 1 N–H and O–H groups in total. The quantitative estimate of drug-likeness (QED) is 0.431. The monoisotopic (exact) mass is 148 g/mol. The van der Waals surface area contributed by atoms with E-state index >= 15 is 0 Å². The maximum absolute atomic E-state index is 10.3. The van der Waals surface area contributed by atoms with Gasteiger partial charge < -0.3 is 19.3 Å². The lowest BCUT2D eigenvalue weighted by molar-refractivity contribution is -0.0347. The van der Waals surface area contributed by atoms with Crippen molar-refractivity contribution in [2.45, 2.75) is 6.10 Å². The first kappa shape index (κ1) is 7.30. The molecule has 5 heteroatoms. The number of hydrogen-bond donors (Lipinski definition) is 1. The summed E-state index contributed by atoms with van der Waals surface area (Å²) in [5.41, 5.74) is 0. The fourth-order valence-corrected chi connectivity index (χ4v) is 0.631. The van der Waals surface area contributed by atoms with E-state index in [2.05, 4.69) is 14.2 Å². The molecule has 0 aromatic rings. The van der Waals surface area contributed by atoms with E-state index in [-0.39, 0.29) is 26.1 Å². The van der Waals surface area contributed by atoms with Gasteiger partial charge in [-0.05, 0) is 0 Å². The summed E-state index contributed by atoms with van der Waals surface area (Å²) in [6.45, 7) is 0.0229. The van der Waals surface area contributed by atoms with Crippen molar-refractivity contribution in [2.24, 2.45) is 0 Å². The van der Waals surface area contributed by atoms with Crippen LogP contribution in [0.5, 0.6) is 0 Å². The molecule has 1 heterocycles. The highest BCUT2D eigenvalue weighted by Crippen LogP contribution is 2.05. The zero-order chi connectivity index (χ0) is 7.40. The van der Waals surface area contributed by atoms with Crippen molar-refractivity contribution in [3.8, 4) is 0 Å². The molecule has 0 bridgehead atoms. The van der Waals surface area contributed by atoms with Gasteiger partial charge in [-0.3, -0.25) is 0 Å². The molecular weight excluding hydrogens is 140 g/mol. The number of hydrogen-bond acceptors (Lipinski definition) is 5. The summed E-state index contributed by atoms with van der Waals surface area (Å²) in [5.74, 6) is 0. The molecule has 0 spiro atoms. The Bertz CT molecular complexity index is 123. The van der Waals surface area contributed by atoms with Crippen molar-refractivity contribution in [1.82, 2.24) is 0 Å². The molecule has 1 fully saturated rings. The number of rotatable bonds is 3. The minimum absolute atomic E-state index is 0.183. The molecule has 0 radical (unpaired) electrons. The second-order valence-electron chi connectivity index (χ2n) is 1.80. The number of aliphatic hydroxyl groups is 1. The summed E-state index contributed by atoms with van der Waals surface area (Å²) in [7, 11) is 0. The topological polar surface area (TPSA) is 65.0 Å². The lowest BCUT2D eigenvalue weighted by atomic mass is 10.4. The normalized spacial score (nSPS) is 24.1. The van der Waals surface area contributed by atoms with Gasteiger partial charge in [0.2, 0.25) is 0 Å². The van der Waals surface area contributed by atoms with Crippen LogP contribution in [0.25, 0.3) is 0 Å². The average molecular weight is 148 g/mol. The van der Waals surface area contributed by atoms with Crippen LogP contribution in [0.15, 0.2) is 0 Å². The van der Waals surface area contributed by atoms with E-state index in [1.54, 1.807) is 0 Å². The standard InChI is InChI=1S/C5H8O5/c6-3-8-1-4-2-9-5(7)10-4/h4,6H,1-3H2. The molecule has 5 nitrogen and oxygen atoms in total. The molecular formula is C5H8O5. The summed E-state index contributed by atoms with van der Waals surface area (Å²) in [5, 5.41) is 8.19. The lowest BCUT2D eigenvalue weighted by Gasteiger charge is -2.03. The molecule has 1 saturated heterocycles. The second kappa shape index (κ2) is 3.38. The van der Waals surface area contributed by atoms with E-state index in [0.29, 0.717) is 0 Å². The highest BCUT2D eigenvalue weighted by atomic mass is 16.8. The molecule has 0 aromatic heterocycles. The third kappa shape index (κ3) is 1.85. The third-order valence-electron chi connectivity index (χ3n) is 1.04. The maximum Gasteiger partial charge on any atom is 0.508 e. The smallest absolute Gasteiger partial charge is 0.430 e. The lowest BCUT2D eigenvalue weighted by Crippen LogP contribution is -2.18. The molecule has 0 saturated carbocycles. The van der Waals surface area contributed by atoms with Gasteiger partial charge in [0.25, 0.3) is 0 Å². The highest BCUT2D eigenvalue weighted by molar-refractivity contribution is 5.61. The summed E-state index contributed by atoms with van der Waals surface area (Å²) in [4.78, 5) is 10.3. The molecule has 0 aliphatic carbocycles. The fourth-order valence-electron chi connectivity index (χ4n) is 0.631. The molecule has 10 heavy (non-hydrogen) atoms. The second-order valence-corrected chi connectivity index (χ2v) is 1.80. The van der Waals surface area contributed by atoms with E-state index in [9.17, 15) is 4.79 Å². The Kier molecular flexibility index (Phi) is 2.47. The Hall–Kier alpha value is -0.810. The van der Waals surface area contributed by atoms with Gasteiger partial charge in [0.1, 0.15) is 13.4 Å². The van der Waals surface area contributed by atoms with Gasteiger partial charge >= 0.3 is 6.16 Å². The molecule has 0 amide bonds. The van der Waals surface area contributed by atoms with Gasteiger partial charge in [0.05, 0.1) is 6.61 Å². The summed E-state index contributed by atoms with van der Waals surface area (Å²) < 4.78 is 13.6. The van der Waals surface area contributed by atoms with Gasteiger partial charge in [0.15, 0.2) is 6.10 Å². The van der Waals surface area contributed by atoms with Crippen LogP contribution in [0.1, 0.15) is 0 Å². The minimum atomic E-state index is -0.675. The summed E-state index contributed by atoms with van der Waals surface area (Å²) >= 11 is 0. The molecule has 58 valence electrons. The molecule has 1 aliphatic heterocycles. The van der Waals surface area contributed by atoms with E-state index in [0.717, 1.165) is 0 Å². The van der Waals surface area contributed by atoms with Crippen LogP contribution in [0.4, 0.5) is 4.79 Å². The van der Waals surface area contributed by atoms with Crippen LogP contribution in [-0.4, -0.2) is 37.4 Å².